The molecule has 4 aliphatic carbocycles. The van der Waals surface area contributed by atoms with Crippen LogP contribution in [0.1, 0.15) is 38.5 Å². The SMILES string of the molecule is C=C[CH2][Zr]([CH2]C=C)([CH]1CCC2CC=CC=C21)([CH]1CCC2CC=CC=C21)[SiH](C)C. The van der Waals surface area contributed by atoms with Crippen molar-refractivity contribution in [3.8, 4) is 0 Å². The first kappa shape index (κ1) is 20.8. The standard InChI is InChI=1S/2C9H11.2C3H5.C2H7Si.Zr/c2*1-2-5-9-7-3-6-8(9)4-1;3*1-3-2;/h2*1-2,4,6,9H,3,5,7H2;2*3H,1-2H2;3H,1-2H3;. The molecule has 151 valence electrons. The first-order chi connectivity index (χ1) is 13.6. The van der Waals surface area contributed by atoms with Gasteiger partial charge in [-0.15, -0.1) is 0 Å². The average Bonchev–Trinajstić information content (AvgIpc) is 3.33. The number of rotatable bonds is 7. The minimum absolute atomic E-state index is 0.836. The molecular formula is C26H39SiZr. The third-order valence-corrected chi connectivity index (χ3v) is 60.2. The molecule has 0 heterocycles. The van der Waals surface area contributed by atoms with Gasteiger partial charge in [0, 0.05) is 0 Å². The number of hydrogen-bond donors (Lipinski definition) is 0. The molecule has 0 aromatic rings. The van der Waals surface area contributed by atoms with E-state index in [1.165, 1.54) is 46.8 Å². The van der Waals surface area contributed by atoms with E-state index in [-0.39, 0.29) is 0 Å². The van der Waals surface area contributed by atoms with Crippen LogP contribution in [0, 0.1) is 11.8 Å². The zero-order valence-corrected chi connectivity index (χ0v) is 21.7. The molecule has 0 N–H and O–H groups in total. The molecule has 0 aromatic heterocycles. The molecule has 4 unspecified atom stereocenters. The van der Waals surface area contributed by atoms with Gasteiger partial charge in [-0.25, -0.2) is 0 Å². The second-order valence-electron chi connectivity index (χ2n) is 10.4. The number of fused-ring (bicyclic) bond motifs is 2. The van der Waals surface area contributed by atoms with E-state index in [9.17, 15) is 0 Å². The van der Waals surface area contributed by atoms with E-state index in [4.69, 9.17) is 0 Å². The molecule has 4 rings (SSSR count). The Bertz CT molecular complexity index is 705. The van der Waals surface area contributed by atoms with Crippen LogP contribution in [0.4, 0.5) is 0 Å². The second kappa shape index (κ2) is 7.99. The van der Waals surface area contributed by atoms with Gasteiger partial charge in [0.2, 0.25) is 0 Å². The van der Waals surface area contributed by atoms with Gasteiger partial charge < -0.3 is 0 Å². The molecule has 0 aromatic carbocycles. The maximum atomic E-state index is 4.38. The first-order valence-electron chi connectivity index (χ1n) is 11.7. The fourth-order valence-corrected chi connectivity index (χ4v) is 54.1. The summed E-state index contributed by atoms with van der Waals surface area (Å²) in [6.45, 7) is 14.2. The van der Waals surface area contributed by atoms with Crippen LogP contribution >= 0.6 is 0 Å². The quantitative estimate of drug-likeness (QED) is 0.261. The van der Waals surface area contributed by atoms with Crippen LogP contribution in [-0.4, -0.2) is 5.92 Å². The van der Waals surface area contributed by atoms with Gasteiger partial charge in [-0.3, -0.25) is 0 Å². The number of allylic oxidation sites excluding steroid dienone is 10. The summed E-state index contributed by atoms with van der Waals surface area (Å²) >= 11 is -3.31. The molecule has 4 aliphatic rings. The summed E-state index contributed by atoms with van der Waals surface area (Å²) in [7, 11) is 0. The average molecular weight is 471 g/mol. The van der Waals surface area contributed by atoms with E-state index < -0.39 is 23.9 Å². The van der Waals surface area contributed by atoms with Gasteiger partial charge in [0.25, 0.3) is 0 Å². The van der Waals surface area contributed by atoms with E-state index in [1.54, 1.807) is 0 Å². The predicted octanol–water partition coefficient (Wildman–Crippen LogP) is 8.04. The normalized spacial score (nSPS) is 32.9. The summed E-state index contributed by atoms with van der Waals surface area (Å²) in [5.74, 6) is 0.777. The van der Waals surface area contributed by atoms with Crippen molar-refractivity contribution in [3.05, 3.63) is 72.9 Å². The summed E-state index contributed by atoms with van der Waals surface area (Å²) in [5.41, 5.74) is 3.74. The molecule has 0 amide bonds. The molecule has 0 nitrogen and oxygen atoms in total. The van der Waals surface area contributed by atoms with Crippen LogP contribution in [0.25, 0.3) is 0 Å². The molecule has 0 radical (unpaired) electrons. The van der Waals surface area contributed by atoms with Crippen LogP contribution in [0.3, 0.4) is 0 Å². The van der Waals surface area contributed by atoms with Crippen molar-refractivity contribution < 1.29 is 17.9 Å². The van der Waals surface area contributed by atoms with E-state index in [0.717, 1.165) is 19.1 Å². The third-order valence-electron chi connectivity index (χ3n) is 9.60. The van der Waals surface area contributed by atoms with Crippen molar-refractivity contribution in [1.82, 2.24) is 0 Å². The van der Waals surface area contributed by atoms with Gasteiger partial charge >= 0.3 is 176 Å². The molecule has 0 bridgehead atoms. The Kier molecular flexibility index (Phi) is 5.94. The van der Waals surface area contributed by atoms with Gasteiger partial charge in [0.15, 0.2) is 0 Å². The van der Waals surface area contributed by atoms with Crippen molar-refractivity contribution >= 4 is 5.92 Å². The number of hydrogen-bond acceptors (Lipinski definition) is 0. The molecule has 2 saturated carbocycles. The van der Waals surface area contributed by atoms with Gasteiger partial charge in [0.05, 0.1) is 0 Å². The van der Waals surface area contributed by atoms with Crippen molar-refractivity contribution in [2.75, 3.05) is 0 Å². The van der Waals surface area contributed by atoms with Crippen LogP contribution in [-0.2, 0) is 17.9 Å². The molecule has 0 saturated heterocycles. The predicted molar refractivity (Wildman–Crippen MR) is 126 cm³/mol. The molecule has 0 aliphatic heterocycles. The van der Waals surface area contributed by atoms with Crippen LogP contribution in [0.2, 0.25) is 28.6 Å². The summed E-state index contributed by atoms with van der Waals surface area (Å²) in [6.07, 6.45) is 27.8. The van der Waals surface area contributed by atoms with Crippen molar-refractivity contribution in [1.29, 1.82) is 0 Å². The molecule has 2 heteroatoms. The fourth-order valence-electron chi connectivity index (χ4n) is 8.30. The molecule has 2 fully saturated rings. The molecule has 4 atom stereocenters. The summed E-state index contributed by atoms with van der Waals surface area (Å²) in [6, 6.07) is 0. The maximum absolute atomic E-state index is 4.38. The molecular weight excluding hydrogens is 432 g/mol. The fraction of sp³-hybridized carbons (Fsp3) is 0.538. The Balaban J connectivity index is 1.95. The van der Waals surface area contributed by atoms with Crippen LogP contribution < -0.4 is 0 Å². The van der Waals surface area contributed by atoms with Gasteiger partial charge in [-0.05, 0) is 0 Å². The second-order valence-corrected chi connectivity index (χ2v) is 45.2. The van der Waals surface area contributed by atoms with Crippen molar-refractivity contribution in [2.24, 2.45) is 11.8 Å². The monoisotopic (exact) mass is 469 g/mol. The summed E-state index contributed by atoms with van der Waals surface area (Å²) in [4.78, 5) is 0. The van der Waals surface area contributed by atoms with Crippen LogP contribution in [0.5, 0.6) is 0 Å². The van der Waals surface area contributed by atoms with E-state index in [0.29, 0.717) is 0 Å². The molecule has 28 heavy (non-hydrogen) atoms. The Labute approximate surface area is 175 Å². The zero-order chi connectivity index (χ0) is 19.8. The third kappa shape index (κ3) is 2.84. The van der Waals surface area contributed by atoms with Crippen molar-refractivity contribution in [3.63, 3.8) is 0 Å². The summed E-state index contributed by atoms with van der Waals surface area (Å²) < 4.78 is 4.56. The molecule has 0 spiro atoms. The minimum atomic E-state index is -3.31. The van der Waals surface area contributed by atoms with Crippen molar-refractivity contribution in [2.45, 2.75) is 67.1 Å². The zero-order valence-electron chi connectivity index (χ0n) is 18.1. The summed E-state index contributed by atoms with van der Waals surface area (Å²) in [5, 5.41) is 0. The topological polar surface area (TPSA) is 0 Å². The Morgan fingerprint density at radius 2 is 1.32 bits per heavy atom. The Hall–Kier alpha value is -0.460. The van der Waals surface area contributed by atoms with Crippen LogP contribution in [0.15, 0.2) is 72.9 Å². The first-order valence-corrected chi connectivity index (χ1v) is 25.2. The van der Waals surface area contributed by atoms with E-state index in [2.05, 4.69) is 74.9 Å². The Morgan fingerprint density at radius 1 is 0.857 bits per heavy atom. The van der Waals surface area contributed by atoms with Gasteiger partial charge in [-0.2, -0.15) is 0 Å². The van der Waals surface area contributed by atoms with Gasteiger partial charge in [-0.1, -0.05) is 0 Å². The van der Waals surface area contributed by atoms with E-state index >= 15 is 0 Å². The Morgan fingerprint density at radius 3 is 1.71 bits per heavy atom. The van der Waals surface area contributed by atoms with Gasteiger partial charge in [0.1, 0.15) is 0 Å². The van der Waals surface area contributed by atoms with E-state index in [1.807, 2.05) is 11.1 Å².